The highest BCUT2D eigenvalue weighted by Gasteiger charge is 2.49. The van der Waals surface area contributed by atoms with Crippen molar-refractivity contribution < 1.29 is 30.0 Å². The van der Waals surface area contributed by atoms with Crippen LogP contribution in [0.4, 0.5) is 5.69 Å². The summed E-state index contributed by atoms with van der Waals surface area (Å²) in [5.74, 6) is -2.13. The molecule has 1 fully saturated rings. The van der Waals surface area contributed by atoms with Crippen LogP contribution in [0.1, 0.15) is 24.0 Å². The second-order valence-electron chi connectivity index (χ2n) is 10.6. The van der Waals surface area contributed by atoms with E-state index in [0.717, 1.165) is 6.26 Å². The molecule has 0 radical (unpaired) electrons. The first-order chi connectivity index (χ1) is 18.1. The van der Waals surface area contributed by atoms with E-state index in [2.05, 4.69) is 10.3 Å². The topological polar surface area (TPSA) is 148 Å². The SMILES string of the molecule is CC1(CS(=O)(=O)N2Cc3ccc(Cl)cc3C(C(=O)Nc3cncc4cc(S(C)(=O)=O)ccc34)C2)CS(=O)(=O)C1. The summed E-state index contributed by atoms with van der Waals surface area (Å²) in [5, 5.41) is 4.31. The van der Waals surface area contributed by atoms with Crippen LogP contribution in [0.2, 0.25) is 5.02 Å². The number of carbonyl (C=O) groups excluding carboxylic acids is 1. The number of benzene rings is 2. The molecule has 208 valence electrons. The van der Waals surface area contributed by atoms with E-state index in [9.17, 15) is 30.0 Å². The van der Waals surface area contributed by atoms with Crippen LogP contribution in [0.15, 0.2) is 53.7 Å². The van der Waals surface area contributed by atoms with Crippen LogP contribution >= 0.6 is 11.6 Å². The van der Waals surface area contributed by atoms with Crippen molar-refractivity contribution in [2.75, 3.05) is 35.4 Å². The van der Waals surface area contributed by atoms with Gasteiger partial charge in [0.1, 0.15) is 0 Å². The van der Waals surface area contributed by atoms with Crippen molar-refractivity contribution in [1.82, 2.24) is 9.29 Å². The fourth-order valence-electron chi connectivity index (χ4n) is 5.37. The average Bonchev–Trinajstić information content (AvgIpc) is 2.80. The van der Waals surface area contributed by atoms with E-state index >= 15 is 0 Å². The third kappa shape index (κ3) is 5.68. The molecule has 2 aliphatic heterocycles. The Balaban J connectivity index is 1.46. The summed E-state index contributed by atoms with van der Waals surface area (Å²) in [5.41, 5.74) is 0.675. The molecule has 1 amide bonds. The van der Waals surface area contributed by atoms with Crippen LogP contribution in [0.5, 0.6) is 0 Å². The van der Waals surface area contributed by atoms with Gasteiger partial charge in [0.2, 0.25) is 15.9 Å². The van der Waals surface area contributed by atoms with E-state index in [-0.39, 0.29) is 35.2 Å². The third-order valence-electron chi connectivity index (χ3n) is 7.01. The lowest BCUT2D eigenvalue weighted by Crippen LogP contribution is -2.53. The standard InChI is InChI=1S/C25H26ClN3O7S3/c1-25(13-38(33,34)14-25)15-39(35,36)29-11-16-3-4-18(26)8-21(16)22(12-29)24(30)28-23-10-27-9-17-7-19(37(2,31)32)5-6-20(17)23/h3-10,22H,11-15H2,1-2H3,(H,28,30). The van der Waals surface area contributed by atoms with Crippen LogP contribution < -0.4 is 5.32 Å². The van der Waals surface area contributed by atoms with E-state index in [4.69, 9.17) is 11.6 Å². The molecule has 1 N–H and O–H groups in total. The number of sulfonamides is 1. The van der Waals surface area contributed by atoms with Gasteiger partial charge in [-0.2, -0.15) is 4.31 Å². The molecule has 1 saturated heterocycles. The van der Waals surface area contributed by atoms with Crippen molar-refractivity contribution in [2.24, 2.45) is 5.41 Å². The van der Waals surface area contributed by atoms with Crippen LogP contribution in [0, 0.1) is 5.41 Å². The lowest BCUT2D eigenvalue weighted by atomic mass is 9.90. The second-order valence-corrected chi connectivity index (χ2v) is 17.1. The number of halogens is 1. The first-order valence-corrected chi connectivity index (χ1v) is 17.6. The smallest absolute Gasteiger partial charge is 0.233 e. The number of carbonyl (C=O) groups is 1. The zero-order valence-corrected chi connectivity index (χ0v) is 24.3. The van der Waals surface area contributed by atoms with Gasteiger partial charge in [-0.3, -0.25) is 9.78 Å². The summed E-state index contributed by atoms with van der Waals surface area (Å²) in [6, 6.07) is 9.45. The number of sulfone groups is 2. The van der Waals surface area contributed by atoms with Gasteiger partial charge in [-0.05, 0) is 35.4 Å². The number of rotatable bonds is 6. The summed E-state index contributed by atoms with van der Waals surface area (Å²) < 4.78 is 75.4. The Morgan fingerprint density at radius 1 is 1.13 bits per heavy atom. The Morgan fingerprint density at radius 2 is 1.85 bits per heavy atom. The first-order valence-electron chi connectivity index (χ1n) is 11.9. The Hall–Kier alpha value is -2.58. The van der Waals surface area contributed by atoms with Gasteiger partial charge >= 0.3 is 0 Å². The molecule has 3 heterocycles. The zero-order chi connectivity index (χ0) is 28.4. The highest BCUT2D eigenvalue weighted by atomic mass is 35.5. The number of aromatic nitrogens is 1. The molecule has 3 aromatic rings. The Kier molecular flexibility index (Phi) is 6.82. The molecule has 1 atom stereocenters. The lowest BCUT2D eigenvalue weighted by molar-refractivity contribution is -0.118. The lowest BCUT2D eigenvalue weighted by Gasteiger charge is -2.40. The molecule has 1 unspecified atom stereocenters. The molecule has 39 heavy (non-hydrogen) atoms. The minimum atomic E-state index is -3.91. The van der Waals surface area contributed by atoms with Crippen molar-refractivity contribution in [2.45, 2.75) is 24.3 Å². The molecule has 0 saturated carbocycles. The van der Waals surface area contributed by atoms with E-state index in [1.165, 1.54) is 28.8 Å². The van der Waals surface area contributed by atoms with E-state index in [1.54, 1.807) is 31.2 Å². The fourth-order valence-corrected chi connectivity index (χ4v) is 10.7. The Morgan fingerprint density at radius 3 is 2.51 bits per heavy atom. The summed E-state index contributed by atoms with van der Waals surface area (Å²) in [6.45, 7) is 1.52. The van der Waals surface area contributed by atoms with E-state index in [0.29, 0.717) is 32.6 Å². The number of hydrogen-bond acceptors (Lipinski definition) is 8. The molecule has 0 spiro atoms. The highest BCUT2D eigenvalue weighted by molar-refractivity contribution is 7.93. The molecular weight excluding hydrogens is 586 g/mol. The summed E-state index contributed by atoms with van der Waals surface area (Å²) >= 11 is 6.22. The van der Waals surface area contributed by atoms with E-state index in [1.807, 2.05) is 0 Å². The maximum Gasteiger partial charge on any atom is 0.233 e. The van der Waals surface area contributed by atoms with E-state index < -0.39 is 46.9 Å². The molecule has 1 aromatic heterocycles. The van der Waals surface area contributed by atoms with Gasteiger partial charge in [0.05, 0.1) is 40.0 Å². The third-order valence-corrected chi connectivity index (χ3v) is 12.8. The maximum absolute atomic E-state index is 13.6. The Labute approximate surface area is 232 Å². The van der Waals surface area contributed by atoms with Crippen molar-refractivity contribution in [3.63, 3.8) is 0 Å². The van der Waals surface area contributed by atoms with Gasteiger partial charge in [-0.15, -0.1) is 0 Å². The number of hydrogen-bond donors (Lipinski definition) is 1. The summed E-state index contributed by atoms with van der Waals surface area (Å²) in [7, 11) is -10.6. The van der Waals surface area contributed by atoms with Crippen LogP contribution in [0.3, 0.4) is 0 Å². The van der Waals surface area contributed by atoms with Crippen LogP contribution in [-0.2, 0) is 41.0 Å². The van der Waals surface area contributed by atoms with Gasteiger partial charge in [0, 0.05) is 46.8 Å². The molecule has 0 aliphatic carbocycles. The maximum atomic E-state index is 13.6. The van der Waals surface area contributed by atoms with Crippen LogP contribution in [0.25, 0.3) is 10.8 Å². The molecule has 10 nitrogen and oxygen atoms in total. The largest absolute Gasteiger partial charge is 0.324 e. The number of nitrogens with zero attached hydrogens (tertiary/aromatic N) is 2. The molecule has 0 bridgehead atoms. The highest BCUT2D eigenvalue weighted by Crippen LogP contribution is 2.38. The fraction of sp³-hybridized carbons (Fsp3) is 0.360. The summed E-state index contributed by atoms with van der Waals surface area (Å²) in [4.78, 5) is 17.9. The summed E-state index contributed by atoms with van der Waals surface area (Å²) in [6.07, 6.45) is 4.03. The molecule has 2 aliphatic rings. The van der Waals surface area contributed by atoms with Gasteiger partial charge < -0.3 is 5.32 Å². The van der Waals surface area contributed by atoms with Crippen molar-refractivity contribution in [3.05, 3.63) is 64.9 Å². The predicted molar refractivity (Wildman–Crippen MR) is 149 cm³/mol. The number of nitrogens with one attached hydrogen (secondary N) is 1. The molecule has 14 heteroatoms. The normalized spacial score (nSPS) is 20.6. The number of anilines is 1. The molecule has 2 aromatic carbocycles. The zero-order valence-electron chi connectivity index (χ0n) is 21.1. The number of fused-ring (bicyclic) bond motifs is 2. The number of pyridine rings is 1. The second kappa shape index (κ2) is 9.51. The quantitative estimate of drug-likeness (QED) is 0.447. The van der Waals surface area contributed by atoms with Gasteiger partial charge in [-0.25, -0.2) is 25.3 Å². The monoisotopic (exact) mass is 611 g/mol. The predicted octanol–water partition coefficient (Wildman–Crippen LogP) is 2.59. The van der Waals surface area contributed by atoms with Crippen molar-refractivity contribution >= 4 is 63.7 Å². The first kappa shape index (κ1) is 28.0. The minimum Gasteiger partial charge on any atom is -0.324 e. The van der Waals surface area contributed by atoms with Crippen LogP contribution in [-0.4, -0.2) is 70.5 Å². The average molecular weight is 612 g/mol. The number of amides is 1. The van der Waals surface area contributed by atoms with Gasteiger partial charge in [0.15, 0.2) is 19.7 Å². The Bertz CT molecular complexity index is 1830. The minimum absolute atomic E-state index is 0.0333. The van der Waals surface area contributed by atoms with Crippen molar-refractivity contribution in [1.29, 1.82) is 0 Å². The molecular formula is C25H26ClN3O7S3. The van der Waals surface area contributed by atoms with Gasteiger partial charge in [0.25, 0.3) is 0 Å². The van der Waals surface area contributed by atoms with Gasteiger partial charge in [-0.1, -0.05) is 30.7 Å². The van der Waals surface area contributed by atoms with Crippen molar-refractivity contribution in [3.8, 4) is 0 Å². The molecule has 5 rings (SSSR count).